The Morgan fingerprint density at radius 3 is 1.66 bits per heavy atom. The predicted octanol–water partition coefficient (Wildman–Crippen LogP) is 9.54. The van der Waals surface area contributed by atoms with Crippen molar-refractivity contribution in [2.45, 2.75) is 117 Å². The highest BCUT2D eigenvalue weighted by molar-refractivity contribution is 5.93. The average Bonchev–Trinajstić information content (AvgIpc) is 2.81. The Balaban J connectivity index is 1.94. The molecule has 0 radical (unpaired) electrons. The van der Waals surface area contributed by atoms with Gasteiger partial charge in [0.25, 0.3) is 0 Å². The van der Waals surface area contributed by atoms with E-state index in [9.17, 15) is 4.79 Å². The second-order valence-corrected chi connectivity index (χ2v) is 9.10. The van der Waals surface area contributed by atoms with Gasteiger partial charge in [0.15, 0.2) is 0 Å². The van der Waals surface area contributed by atoms with Crippen molar-refractivity contribution < 1.29 is 9.53 Å². The van der Waals surface area contributed by atoms with Crippen LogP contribution in [-0.2, 0) is 9.53 Å². The minimum absolute atomic E-state index is 0.218. The normalized spacial score (nSPS) is 11.5. The standard InChI is InChI=1S/C30H48O2/c1-4-6-7-8-9-10-11-12-13-14-15-16-17-18-19-22-25-32-30(31)27(3)26-29-24-21-20-23-28(29)5-2/h5,20-21,23-24,26H,2,4,6-19,22,25H2,1,3H3/b27-26+. The Kier molecular flexibility index (Phi) is 17.5. The van der Waals surface area contributed by atoms with Gasteiger partial charge in [0.1, 0.15) is 0 Å². The van der Waals surface area contributed by atoms with Gasteiger partial charge < -0.3 is 4.74 Å². The minimum Gasteiger partial charge on any atom is -0.462 e. The van der Waals surface area contributed by atoms with Crippen LogP contribution in [0.2, 0.25) is 0 Å². The summed E-state index contributed by atoms with van der Waals surface area (Å²) in [6.07, 6.45) is 25.2. The molecule has 1 rings (SSSR count). The Hall–Kier alpha value is -1.83. The Morgan fingerprint density at radius 2 is 1.19 bits per heavy atom. The molecule has 0 unspecified atom stereocenters. The van der Waals surface area contributed by atoms with Gasteiger partial charge in [-0.1, -0.05) is 140 Å². The van der Waals surface area contributed by atoms with E-state index in [1.807, 2.05) is 37.3 Å². The lowest BCUT2D eigenvalue weighted by atomic mass is 10.0. The Labute approximate surface area is 198 Å². The number of hydrogen-bond acceptors (Lipinski definition) is 2. The van der Waals surface area contributed by atoms with Crippen molar-refractivity contribution in [1.82, 2.24) is 0 Å². The van der Waals surface area contributed by atoms with Crippen LogP contribution in [0, 0.1) is 0 Å². The Bertz CT molecular complexity index is 644. The summed E-state index contributed by atoms with van der Waals surface area (Å²) in [6.45, 7) is 8.44. The van der Waals surface area contributed by atoms with Crippen LogP contribution >= 0.6 is 0 Å². The molecule has 0 spiro atoms. The van der Waals surface area contributed by atoms with E-state index >= 15 is 0 Å². The highest BCUT2D eigenvalue weighted by Gasteiger charge is 2.06. The van der Waals surface area contributed by atoms with Gasteiger partial charge in [-0.2, -0.15) is 0 Å². The molecular formula is C30H48O2. The number of esters is 1. The first-order valence-electron chi connectivity index (χ1n) is 13.3. The fourth-order valence-electron chi connectivity index (χ4n) is 4.05. The third kappa shape index (κ3) is 14.3. The molecule has 0 atom stereocenters. The zero-order valence-corrected chi connectivity index (χ0v) is 21.0. The molecule has 1 aromatic rings. The van der Waals surface area contributed by atoms with Gasteiger partial charge >= 0.3 is 5.97 Å². The fourth-order valence-corrected chi connectivity index (χ4v) is 4.05. The molecule has 2 heteroatoms. The van der Waals surface area contributed by atoms with Crippen LogP contribution in [0.25, 0.3) is 12.2 Å². The van der Waals surface area contributed by atoms with Crippen LogP contribution in [0.3, 0.4) is 0 Å². The van der Waals surface area contributed by atoms with Crippen molar-refractivity contribution in [2.24, 2.45) is 0 Å². The van der Waals surface area contributed by atoms with Crippen LogP contribution in [0.4, 0.5) is 0 Å². The average molecular weight is 441 g/mol. The monoisotopic (exact) mass is 440 g/mol. The number of rotatable bonds is 20. The van der Waals surface area contributed by atoms with Crippen molar-refractivity contribution in [3.63, 3.8) is 0 Å². The second kappa shape index (κ2) is 19.8. The van der Waals surface area contributed by atoms with Crippen LogP contribution in [-0.4, -0.2) is 12.6 Å². The van der Waals surface area contributed by atoms with Crippen LogP contribution in [0.15, 0.2) is 36.4 Å². The first kappa shape index (κ1) is 28.2. The summed E-state index contributed by atoms with van der Waals surface area (Å²) in [5.74, 6) is -0.218. The number of carbonyl (C=O) groups excluding carboxylic acids is 1. The van der Waals surface area contributed by atoms with E-state index in [2.05, 4.69) is 13.5 Å². The van der Waals surface area contributed by atoms with Gasteiger partial charge in [0, 0.05) is 5.57 Å². The van der Waals surface area contributed by atoms with Crippen LogP contribution < -0.4 is 0 Å². The van der Waals surface area contributed by atoms with Crippen molar-refractivity contribution >= 4 is 18.1 Å². The molecule has 180 valence electrons. The predicted molar refractivity (Wildman–Crippen MR) is 141 cm³/mol. The summed E-state index contributed by atoms with van der Waals surface area (Å²) in [5.41, 5.74) is 2.66. The summed E-state index contributed by atoms with van der Waals surface area (Å²) in [4.78, 5) is 12.2. The quantitative estimate of drug-likeness (QED) is 0.115. The number of unbranched alkanes of at least 4 members (excludes halogenated alkanes) is 15. The van der Waals surface area contributed by atoms with E-state index < -0.39 is 0 Å². The number of carbonyl (C=O) groups is 1. The van der Waals surface area contributed by atoms with Crippen molar-refractivity contribution in [2.75, 3.05) is 6.61 Å². The van der Waals surface area contributed by atoms with E-state index in [1.54, 1.807) is 6.08 Å². The Morgan fingerprint density at radius 1 is 0.750 bits per heavy atom. The highest BCUT2D eigenvalue weighted by Crippen LogP contribution is 2.16. The maximum absolute atomic E-state index is 12.2. The third-order valence-electron chi connectivity index (χ3n) is 6.14. The molecule has 0 amide bonds. The minimum atomic E-state index is -0.218. The maximum atomic E-state index is 12.2. The molecule has 0 aliphatic heterocycles. The summed E-state index contributed by atoms with van der Waals surface area (Å²) in [5, 5.41) is 0. The molecule has 0 aromatic heterocycles. The summed E-state index contributed by atoms with van der Waals surface area (Å²) >= 11 is 0. The lowest BCUT2D eigenvalue weighted by molar-refractivity contribution is -0.139. The third-order valence-corrected chi connectivity index (χ3v) is 6.14. The van der Waals surface area contributed by atoms with Crippen molar-refractivity contribution in [1.29, 1.82) is 0 Å². The van der Waals surface area contributed by atoms with E-state index in [0.29, 0.717) is 12.2 Å². The first-order valence-corrected chi connectivity index (χ1v) is 13.3. The molecule has 0 heterocycles. The number of benzene rings is 1. The molecule has 0 aliphatic rings. The molecule has 32 heavy (non-hydrogen) atoms. The topological polar surface area (TPSA) is 26.3 Å². The number of hydrogen-bond donors (Lipinski definition) is 0. The largest absolute Gasteiger partial charge is 0.462 e. The molecule has 2 nitrogen and oxygen atoms in total. The molecule has 0 saturated heterocycles. The molecule has 0 fully saturated rings. The van der Waals surface area contributed by atoms with E-state index in [1.165, 1.54) is 89.9 Å². The van der Waals surface area contributed by atoms with Gasteiger partial charge in [-0.25, -0.2) is 4.79 Å². The smallest absolute Gasteiger partial charge is 0.333 e. The zero-order valence-electron chi connectivity index (χ0n) is 21.0. The molecule has 0 aliphatic carbocycles. The van der Waals surface area contributed by atoms with Gasteiger partial charge in [-0.3, -0.25) is 0 Å². The van der Waals surface area contributed by atoms with Gasteiger partial charge in [0.2, 0.25) is 0 Å². The zero-order chi connectivity index (χ0) is 23.3. The molecule has 0 saturated carbocycles. The fraction of sp³-hybridized carbons (Fsp3) is 0.633. The van der Waals surface area contributed by atoms with Crippen LogP contribution in [0.1, 0.15) is 128 Å². The summed E-state index contributed by atoms with van der Waals surface area (Å²) in [7, 11) is 0. The lowest BCUT2D eigenvalue weighted by Crippen LogP contribution is -2.07. The van der Waals surface area contributed by atoms with Crippen LogP contribution in [0.5, 0.6) is 0 Å². The van der Waals surface area contributed by atoms with E-state index in [-0.39, 0.29) is 5.97 Å². The second-order valence-electron chi connectivity index (χ2n) is 9.10. The number of ether oxygens (including phenoxy) is 1. The highest BCUT2D eigenvalue weighted by atomic mass is 16.5. The molecule has 1 aromatic carbocycles. The van der Waals surface area contributed by atoms with E-state index in [0.717, 1.165) is 24.0 Å². The lowest BCUT2D eigenvalue weighted by Gasteiger charge is -2.06. The van der Waals surface area contributed by atoms with E-state index in [4.69, 9.17) is 4.74 Å². The molecule has 0 bridgehead atoms. The van der Waals surface area contributed by atoms with Gasteiger partial charge in [-0.15, -0.1) is 0 Å². The van der Waals surface area contributed by atoms with Gasteiger partial charge in [0.05, 0.1) is 6.61 Å². The summed E-state index contributed by atoms with van der Waals surface area (Å²) < 4.78 is 5.44. The van der Waals surface area contributed by atoms with Gasteiger partial charge in [-0.05, 0) is 30.5 Å². The molecular weight excluding hydrogens is 392 g/mol. The van der Waals surface area contributed by atoms with Crippen molar-refractivity contribution in [3.8, 4) is 0 Å². The first-order chi connectivity index (χ1) is 15.7. The van der Waals surface area contributed by atoms with Crippen molar-refractivity contribution in [3.05, 3.63) is 47.5 Å². The maximum Gasteiger partial charge on any atom is 0.333 e. The summed E-state index contributed by atoms with van der Waals surface area (Å²) in [6, 6.07) is 7.92. The SMILES string of the molecule is C=Cc1ccccc1/C=C(\C)C(=O)OCCCCCCCCCCCCCCCCCC. The molecule has 0 N–H and O–H groups in total.